The van der Waals surface area contributed by atoms with Crippen molar-refractivity contribution in [3.8, 4) is 16.9 Å². The quantitative estimate of drug-likeness (QED) is 0.226. The first kappa shape index (κ1) is 26.0. The molecule has 9 heteroatoms. The highest BCUT2D eigenvalue weighted by Gasteiger charge is 2.18. The Hall–Kier alpha value is -4.66. The highest BCUT2D eigenvalue weighted by molar-refractivity contribution is 5.83. The van der Waals surface area contributed by atoms with Crippen LogP contribution in [0.5, 0.6) is 0 Å². The number of hydrogen-bond acceptors (Lipinski definition) is 5. The lowest BCUT2D eigenvalue weighted by molar-refractivity contribution is -0.137. The van der Waals surface area contributed by atoms with Crippen LogP contribution < -0.4 is 5.56 Å². The van der Waals surface area contributed by atoms with Crippen LogP contribution in [0.25, 0.3) is 27.8 Å². The molecule has 5 aromatic rings. The van der Waals surface area contributed by atoms with E-state index in [1.807, 2.05) is 13.0 Å². The molecule has 0 aliphatic carbocycles. The molecule has 0 bridgehead atoms. The largest absolute Gasteiger partial charge is 0.481 e. The highest BCUT2D eigenvalue weighted by atomic mass is 19.1. The van der Waals surface area contributed by atoms with Crippen molar-refractivity contribution in [1.82, 2.24) is 14.7 Å². The van der Waals surface area contributed by atoms with Gasteiger partial charge in [0.1, 0.15) is 28.9 Å². The molecule has 198 valence electrons. The summed E-state index contributed by atoms with van der Waals surface area (Å²) in [4.78, 5) is 29.3. The van der Waals surface area contributed by atoms with Crippen LogP contribution in [0.3, 0.4) is 0 Å². The lowest BCUT2D eigenvalue weighted by Crippen LogP contribution is -2.24. The zero-order chi connectivity index (χ0) is 27.5. The van der Waals surface area contributed by atoms with Crippen LogP contribution in [0.1, 0.15) is 49.3 Å². The fourth-order valence-electron chi connectivity index (χ4n) is 4.52. The van der Waals surface area contributed by atoms with Crippen LogP contribution in [-0.2, 0) is 11.2 Å². The van der Waals surface area contributed by atoms with E-state index < -0.39 is 11.8 Å². The van der Waals surface area contributed by atoms with E-state index in [9.17, 15) is 18.4 Å². The number of rotatable bonds is 9. The van der Waals surface area contributed by atoms with Gasteiger partial charge in [0.15, 0.2) is 0 Å². The number of carbonyl (C=O) groups is 1. The molecule has 2 aromatic heterocycles. The number of aromatic nitrogens is 3. The van der Waals surface area contributed by atoms with E-state index in [1.165, 1.54) is 41.0 Å². The first-order valence-corrected chi connectivity index (χ1v) is 12.6. The van der Waals surface area contributed by atoms with Gasteiger partial charge < -0.3 is 9.63 Å². The summed E-state index contributed by atoms with van der Waals surface area (Å²) >= 11 is 0. The van der Waals surface area contributed by atoms with E-state index in [-0.39, 0.29) is 23.7 Å². The maximum absolute atomic E-state index is 13.6. The third-order valence-corrected chi connectivity index (χ3v) is 6.69. The van der Waals surface area contributed by atoms with Crippen molar-refractivity contribution in [3.05, 3.63) is 112 Å². The van der Waals surface area contributed by atoms with Gasteiger partial charge in [-0.25, -0.2) is 13.8 Å². The number of benzene rings is 3. The summed E-state index contributed by atoms with van der Waals surface area (Å²) in [6.45, 7) is 1.94. The van der Waals surface area contributed by atoms with E-state index in [1.54, 1.807) is 30.3 Å². The molecule has 0 spiro atoms. The van der Waals surface area contributed by atoms with Gasteiger partial charge in [-0.3, -0.25) is 14.2 Å². The zero-order valence-corrected chi connectivity index (χ0v) is 21.1. The summed E-state index contributed by atoms with van der Waals surface area (Å²) in [6, 6.07) is 18.8. The van der Waals surface area contributed by atoms with Crippen molar-refractivity contribution in [2.75, 3.05) is 0 Å². The molecule has 0 aliphatic rings. The Balaban J connectivity index is 1.52. The number of carboxylic acid groups (broad SMARTS) is 1. The Bertz CT molecular complexity index is 1690. The standard InChI is InChI=1S/C30H25F2N3O4/c1-18(19-6-9-21(31)10-7-19)27-17-25(34-39-27)20-8-15-24-26(16-20)33-28(4-2-3-5-29(36)37)35(30(24)38)23-13-11-22(32)12-14-23/h6-18H,2-5H2,1H3,(H,36,37). The molecule has 0 saturated carbocycles. The second-order valence-corrected chi connectivity index (χ2v) is 9.37. The summed E-state index contributed by atoms with van der Waals surface area (Å²) in [5.41, 5.74) is 2.77. The van der Waals surface area contributed by atoms with Gasteiger partial charge in [-0.15, -0.1) is 0 Å². The third kappa shape index (κ3) is 5.62. The fraction of sp³-hybridized carbons (Fsp3) is 0.200. The summed E-state index contributed by atoms with van der Waals surface area (Å²) in [7, 11) is 0. The Labute approximate surface area is 222 Å². The first-order valence-electron chi connectivity index (χ1n) is 12.6. The van der Waals surface area contributed by atoms with Crippen LogP contribution in [0.15, 0.2) is 82.1 Å². The fourth-order valence-corrected chi connectivity index (χ4v) is 4.52. The summed E-state index contributed by atoms with van der Waals surface area (Å²) in [5, 5.41) is 13.5. The van der Waals surface area contributed by atoms with Gasteiger partial charge >= 0.3 is 5.97 Å². The summed E-state index contributed by atoms with van der Waals surface area (Å²) in [5.74, 6) is -0.710. The molecule has 0 radical (unpaired) electrons. The molecule has 1 N–H and O–H groups in total. The lowest BCUT2D eigenvalue weighted by Gasteiger charge is -2.14. The monoisotopic (exact) mass is 529 g/mol. The maximum atomic E-state index is 13.6. The van der Waals surface area contributed by atoms with Gasteiger partial charge in [0, 0.05) is 30.4 Å². The topological polar surface area (TPSA) is 98.2 Å². The Morgan fingerprint density at radius 1 is 0.974 bits per heavy atom. The smallest absolute Gasteiger partial charge is 0.303 e. The number of fused-ring (bicyclic) bond motifs is 1. The van der Waals surface area contributed by atoms with Crippen molar-refractivity contribution in [2.45, 2.75) is 38.5 Å². The van der Waals surface area contributed by atoms with Gasteiger partial charge in [-0.05, 0) is 66.9 Å². The predicted molar refractivity (Wildman–Crippen MR) is 142 cm³/mol. The van der Waals surface area contributed by atoms with E-state index in [4.69, 9.17) is 14.6 Å². The molecule has 0 saturated heterocycles. The van der Waals surface area contributed by atoms with Crippen LogP contribution in [0, 0.1) is 11.6 Å². The molecule has 0 amide bonds. The molecule has 7 nitrogen and oxygen atoms in total. The summed E-state index contributed by atoms with van der Waals surface area (Å²) < 4.78 is 33.9. The number of aryl methyl sites for hydroxylation is 1. The van der Waals surface area contributed by atoms with Crippen molar-refractivity contribution < 1.29 is 23.2 Å². The molecular weight excluding hydrogens is 504 g/mol. The molecule has 0 fully saturated rings. The number of nitrogens with zero attached hydrogens (tertiary/aromatic N) is 3. The van der Waals surface area contributed by atoms with Crippen molar-refractivity contribution in [1.29, 1.82) is 0 Å². The molecule has 2 heterocycles. The molecular formula is C30H25F2N3O4. The Kier molecular flexibility index (Phi) is 7.31. The highest BCUT2D eigenvalue weighted by Crippen LogP contribution is 2.29. The van der Waals surface area contributed by atoms with Gasteiger partial charge in [0.05, 0.1) is 16.6 Å². The average molecular weight is 530 g/mol. The lowest BCUT2D eigenvalue weighted by atomic mass is 9.98. The van der Waals surface area contributed by atoms with Crippen LogP contribution >= 0.6 is 0 Å². The average Bonchev–Trinajstić information content (AvgIpc) is 3.42. The number of aliphatic carboxylic acids is 1. The molecule has 5 rings (SSSR count). The molecule has 3 aromatic carbocycles. The number of unbranched alkanes of at least 4 members (excludes halogenated alkanes) is 1. The molecule has 39 heavy (non-hydrogen) atoms. The molecule has 1 unspecified atom stereocenters. The minimum absolute atomic E-state index is 0.0172. The minimum atomic E-state index is -0.886. The normalized spacial score (nSPS) is 12.1. The van der Waals surface area contributed by atoms with E-state index in [2.05, 4.69) is 5.16 Å². The van der Waals surface area contributed by atoms with Gasteiger partial charge in [-0.1, -0.05) is 30.3 Å². The van der Waals surface area contributed by atoms with Crippen LogP contribution in [0.4, 0.5) is 8.78 Å². The summed E-state index contributed by atoms with van der Waals surface area (Å²) in [6.07, 6.45) is 1.33. The first-order chi connectivity index (χ1) is 18.8. The molecule has 1 atom stereocenters. The SMILES string of the molecule is CC(c1ccc(F)cc1)c1cc(-c2ccc3c(=O)n(-c4ccc(F)cc4)c(CCCCC(=O)O)nc3c2)no1. The third-order valence-electron chi connectivity index (χ3n) is 6.69. The predicted octanol–water partition coefficient (Wildman–Crippen LogP) is 6.27. The van der Waals surface area contributed by atoms with E-state index in [0.717, 1.165) is 5.56 Å². The van der Waals surface area contributed by atoms with Crippen LogP contribution in [-0.4, -0.2) is 25.8 Å². The van der Waals surface area contributed by atoms with Crippen molar-refractivity contribution in [2.24, 2.45) is 0 Å². The second kappa shape index (κ2) is 11.0. The van der Waals surface area contributed by atoms with Gasteiger partial charge in [-0.2, -0.15) is 0 Å². The minimum Gasteiger partial charge on any atom is -0.481 e. The van der Waals surface area contributed by atoms with Crippen molar-refractivity contribution >= 4 is 16.9 Å². The van der Waals surface area contributed by atoms with Gasteiger partial charge in [0.2, 0.25) is 0 Å². The number of hydrogen-bond donors (Lipinski definition) is 1. The van der Waals surface area contributed by atoms with Gasteiger partial charge in [0.25, 0.3) is 5.56 Å². The van der Waals surface area contributed by atoms with Crippen LogP contribution in [0.2, 0.25) is 0 Å². The second-order valence-electron chi connectivity index (χ2n) is 9.37. The number of carboxylic acids is 1. The van der Waals surface area contributed by atoms with E-state index in [0.29, 0.717) is 58.7 Å². The maximum Gasteiger partial charge on any atom is 0.303 e. The van der Waals surface area contributed by atoms with E-state index >= 15 is 0 Å². The zero-order valence-electron chi connectivity index (χ0n) is 21.1. The number of halogens is 2. The van der Waals surface area contributed by atoms with Crippen molar-refractivity contribution in [3.63, 3.8) is 0 Å². The molecule has 0 aliphatic heterocycles. The Morgan fingerprint density at radius 3 is 2.36 bits per heavy atom. The Morgan fingerprint density at radius 2 is 1.67 bits per heavy atom.